The minimum atomic E-state index is 0.125. The number of aromatic nitrogens is 4. The number of benzene rings is 1. The van der Waals surface area contributed by atoms with E-state index >= 15 is 0 Å². The molecule has 0 atom stereocenters. The molecule has 3 heterocycles. The summed E-state index contributed by atoms with van der Waals surface area (Å²) in [4.78, 5) is 21.0. The lowest BCUT2D eigenvalue weighted by molar-refractivity contribution is -0.129. The summed E-state index contributed by atoms with van der Waals surface area (Å²) < 4.78 is 7.23. The molecule has 1 aliphatic rings. The number of rotatable bonds is 6. The minimum Gasteiger partial charge on any atom is -0.497 e. The number of piperazine rings is 1. The monoisotopic (exact) mass is 424 g/mol. The van der Waals surface area contributed by atoms with Crippen LogP contribution in [-0.2, 0) is 4.79 Å². The zero-order valence-electron chi connectivity index (χ0n) is 17.1. The van der Waals surface area contributed by atoms with Crippen molar-refractivity contribution < 1.29 is 9.53 Å². The van der Waals surface area contributed by atoms with E-state index in [9.17, 15) is 4.79 Å². The molecule has 0 radical (unpaired) electrons. The van der Waals surface area contributed by atoms with Crippen molar-refractivity contribution in [2.45, 2.75) is 5.16 Å². The minimum absolute atomic E-state index is 0.125. The number of pyridine rings is 1. The maximum absolute atomic E-state index is 12.7. The fourth-order valence-corrected chi connectivity index (χ4v) is 4.14. The molecule has 0 N–H and O–H groups in total. The normalized spacial score (nSPS) is 14.7. The smallest absolute Gasteiger partial charge is 0.233 e. The Balaban J connectivity index is 1.59. The van der Waals surface area contributed by atoms with Gasteiger partial charge < -0.3 is 14.5 Å². The molecule has 9 heteroatoms. The summed E-state index contributed by atoms with van der Waals surface area (Å²) in [5.41, 5.74) is 1.76. The van der Waals surface area contributed by atoms with Gasteiger partial charge in [0.15, 0.2) is 11.0 Å². The molecule has 1 aromatic carbocycles. The van der Waals surface area contributed by atoms with E-state index in [1.165, 1.54) is 11.8 Å². The van der Waals surface area contributed by atoms with E-state index in [0.29, 0.717) is 16.7 Å². The Bertz CT molecular complexity index is 984. The number of thioether (sulfide) groups is 1. The third-order valence-corrected chi connectivity index (χ3v) is 5.98. The highest BCUT2D eigenvalue weighted by Crippen LogP contribution is 2.28. The first-order valence-electron chi connectivity index (χ1n) is 9.75. The van der Waals surface area contributed by atoms with Crippen molar-refractivity contribution in [2.24, 2.45) is 0 Å². The fraction of sp³-hybridized carbons (Fsp3) is 0.333. The Labute approximate surface area is 179 Å². The number of carbonyl (C=O) groups is 1. The predicted molar refractivity (Wildman–Crippen MR) is 116 cm³/mol. The van der Waals surface area contributed by atoms with Crippen LogP contribution in [0.15, 0.2) is 53.9 Å². The largest absolute Gasteiger partial charge is 0.497 e. The van der Waals surface area contributed by atoms with Gasteiger partial charge in [0.1, 0.15) is 5.75 Å². The number of hydrogen-bond acceptors (Lipinski definition) is 7. The molecule has 1 aliphatic heterocycles. The quantitative estimate of drug-likeness (QED) is 0.562. The van der Waals surface area contributed by atoms with E-state index in [2.05, 4.69) is 27.1 Å². The zero-order valence-corrected chi connectivity index (χ0v) is 17.9. The Kier molecular flexibility index (Phi) is 6.29. The van der Waals surface area contributed by atoms with Crippen LogP contribution in [0.4, 0.5) is 0 Å². The van der Waals surface area contributed by atoms with Gasteiger partial charge in [0.25, 0.3) is 0 Å². The van der Waals surface area contributed by atoms with Crippen LogP contribution in [0.1, 0.15) is 0 Å². The van der Waals surface area contributed by atoms with E-state index in [-0.39, 0.29) is 5.91 Å². The predicted octanol–water partition coefficient (Wildman–Crippen LogP) is 2.20. The molecule has 3 aromatic rings. The molecule has 30 heavy (non-hydrogen) atoms. The molecular formula is C21H24N6O2S. The fourth-order valence-electron chi connectivity index (χ4n) is 3.28. The summed E-state index contributed by atoms with van der Waals surface area (Å²) in [5, 5.41) is 9.44. The number of likely N-dealkylation sites (N-methyl/N-ethyl adjacent to an activating group) is 1. The Hall–Kier alpha value is -2.91. The average Bonchev–Trinajstić information content (AvgIpc) is 3.22. The van der Waals surface area contributed by atoms with Gasteiger partial charge in [-0.25, -0.2) is 0 Å². The second kappa shape index (κ2) is 9.27. The average molecular weight is 425 g/mol. The molecule has 1 saturated heterocycles. The van der Waals surface area contributed by atoms with Crippen molar-refractivity contribution in [3.63, 3.8) is 0 Å². The van der Waals surface area contributed by atoms with Gasteiger partial charge >= 0.3 is 0 Å². The van der Waals surface area contributed by atoms with Crippen LogP contribution in [0.3, 0.4) is 0 Å². The summed E-state index contributed by atoms with van der Waals surface area (Å²) in [5.74, 6) is 1.91. The standard InChI is InChI=1S/C21H24N6O2S/c1-25-10-12-26(13-11-25)19(28)15-30-21-24-23-20(16-4-3-9-22-14-16)27(21)17-5-7-18(29-2)8-6-17/h3-9,14H,10-13,15H2,1-2H3. The first-order chi connectivity index (χ1) is 14.7. The highest BCUT2D eigenvalue weighted by molar-refractivity contribution is 7.99. The molecule has 0 aliphatic carbocycles. The number of ether oxygens (including phenoxy) is 1. The Morgan fingerprint density at radius 2 is 1.87 bits per heavy atom. The van der Waals surface area contributed by atoms with Gasteiger partial charge in [-0.1, -0.05) is 11.8 Å². The van der Waals surface area contributed by atoms with E-state index in [0.717, 1.165) is 43.2 Å². The van der Waals surface area contributed by atoms with E-state index in [4.69, 9.17) is 4.74 Å². The summed E-state index contributed by atoms with van der Waals surface area (Å²) in [7, 11) is 3.72. The number of carbonyl (C=O) groups excluding carboxylic acids is 1. The third kappa shape index (κ3) is 4.47. The SMILES string of the molecule is COc1ccc(-n2c(SCC(=O)N3CCN(C)CC3)nnc2-c2cccnc2)cc1. The van der Waals surface area contributed by atoms with Gasteiger partial charge in [-0.15, -0.1) is 10.2 Å². The van der Waals surface area contributed by atoms with Crippen molar-refractivity contribution in [3.8, 4) is 22.8 Å². The van der Waals surface area contributed by atoms with Crippen LogP contribution in [0, 0.1) is 0 Å². The number of amides is 1. The second-order valence-electron chi connectivity index (χ2n) is 7.05. The Morgan fingerprint density at radius 3 is 2.53 bits per heavy atom. The van der Waals surface area contributed by atoms with Crippen LogP contribution < -0.4 is 4.74 Å². The van der Waals surface area contributed by atoms with Gasteiger partial charge in [0, 0.05) is 49.8 Å². The maximum Gasteiger partial charge on any atom is 0.233 e. The zero-order chi connectivity index (χ0) is 20.9. The van der Waals surface area contributed by atoms with Crippen molar-refractivity contribution in [1.82, 2.24) is 29.5 Å². The number of hydrogen-bond donors (Lipinski definition) is 0. The summed E-state index contributed by atoms with van der Waals surface area (Å²) in [6.07, 6.45) is 3.48. The van der Waals surface area contributed by atoms with Gasteiger partial charge in [-0.05, 0) is 43.4 Å². The van der Waals surface area contributed by atoms with E-state index in [1.807, 2.05) is 45.9 Å². The molecular weight excluding hydrogens is 400 g/mol. The van der Waals surface area contributed by atoms with Gasteiger partial charge in [-0.2, -0.15) is 0 Å². The molecule has 156 valence electrons. The molecule has 1 fully saturated rings. The van der Waals surface area contributed by atoms with Crippen molar-refractivity contribution in [1.29, 1.82) is 0 Å². The maximum atomic E-state index is 12.7. The number of methoxy groups -OCH3 is 1. The van der Waals surface area contributed by atoms with E-state index in [1.54, 1.807) is 19.5 Å². The summed E-state index contributed by atoms with van der Waals surface area (Å²) in [6.45, 7) is 3.34. The van der Waals surface area contributed by atoms with Crippen molar-refractivity contribution in [2.75, 3.05) is 46.1 Å². The highest BCUT2D eigenvalue weighted by Gasteiger charge is 2.22. The lowest BCUT2D eigenvalue weighted by atomic mass is 10.2. The van der Waals surface area contributed by atoms with Crippen LogP contribution in [0.5, 0.6) is 5.75 Å². The summed E-state index contributed by atoms with van der Waals surface area (Å²) >= 11 is 1.40. The van der Waals surface area contributed by atoms with Crippen LogP contribution in [-0.4, -0.2) is 81.5 Å². The molecule has 0 bridgehead atoms. The molecule has 0 spiro atoms. The summed E-state index contributed by atoms with van der Waals surface area (Å²) in [6, 6.07) is 11.5. The van der Waals surface area contributed by atoms with Crippen LogP contribution in [0.2, 0.25) is 0 Å². The first kappa shape index (κ1) is 20.4. The molecule has 8 nitrogen and oxygen atoms in total. The first-order valence-corrected chi connectivity index (χ1v) is 10.7. The number of nitrogens with zero attached hydrogens (tertiary/aromatic N) is 6. The second-order valence-corrected chi connectivity index (χ2v) is 8.00. The van der Waals surface area contributed by atoms with Gasteiger partial charge in [0.05, 0.1) is 12.9 Å². The third-order valence-electron chi connectivity index (χ3n) is 5.06. The molecule has 4 rings (SSSR count). The van der Waals surface area contributed by atoms with E-state index < -0.39 is 0 Å². The molecule has 1 amide bonds. The molecule has 2 aromatic heterocycles. The molecule has 0 saturated carbocycles. The van der Waals surface area contributed by atoms with Crippen LogP contribution >= 0.6 is 11.8 Å². The van der Waals surface area contributed by atoms with Crippen molar-refractivity contribution >= 4 is 17.7 Å². The van der Waals surface area contributed by atoms with Crippen LogP contribution in [0.25, 0.3) is 17.1 Å². The lowest BCUT2D eigenvalue weighted by Crippen LogP contribution is -2.47. The van der Waals surface area contributed by atoms with Gasteiger partial charge in [0.2, 0.25) is 5.91 Å². The van der Waals surface area contributed by atoms with Crippen molar-refractivity contribution in [3.05, 3.63) is 48.8 Å². The molecule has 0 unspecified atom stereocenters. The van der Waals surface area contributed by atoms with Gasteiger partial charge in [-0.3, -0.25) is 14.3 Å². The lowest BCUT2D eigenvalue weighted by Gasteiger charge is -2.32. The highest BCUT2D eigenvalue weighted by atomic mass is 32.2. The Morgan fingerprint density at radius 1 is 1.10 bits per heavy atom. The topological polar surface area (TPSA) is 76.4 Å².